The lowest BCUT2D eigenvalue weighted by Gasteiger charge is -2.13. The number of aromatic nitrogens is 4. The van der Waals surface area contributed by atoms with E-state index in [0.29, 0.717) is 30.5 Å². The highest BCUT2D eigenvalue weighted by Gasteiger charge is 2.28. The lowest BCUT2D eigenvalue weighted by molar-refractivity contribution is 0.577. The molecule has 0 saturated carbocycles. The van der Waals surface area contributed by atoms with E-state index in [1.807, 2.05) is 13.0 Å². The average molecular weight is 322 g/mol. The van der Waals surface area contributed by atoms with E-state index in [1.165, 1.54) is 0 Å². The van der Waals surface area contributed by atoms with E-state index in [1.54, 1.807) is 21.5 Å². The number of nitrogens with zero attached hydrogens (tertiary/aromatic N) is 4. The molecule has 0 amide bonds. The van der Waals surface area contributed by atoms with Crippen LogP contribution in [0.3, 0.4) is 0 Å². The minimum absolute atomic E-state index is 0. The van der Waals surface area contributed by atoms with Gasteiger partial charge in [-0.2, -0.15) is 0 Å². The van der Waals surface area contributed by atoms with Gasteiger partial charge in [0.15, 0.2) is 17.4 Å². The van der Waals surface area contributed by atoms with Crippen LogP contribution in [0.15, 0.2) is 27.6 Å². The predicted molar refractivity (Wildman–Crippen MR) is 84.6 cm³/mol. The molecular formula is C14H16ClN5O2. The second kappa shape index (κ2) is 5.49. The van der Waals surface area contributed by atoms with Crippen LogP contribution in [0, 0.1) is 0 Å². The maximum absolute atomic E-state index is 12.6. The molecular weight excluding hydrogens is 306 g/mol. The van der Waals surface area contributed by atoms with Crippen molar-refractivity contribution >= 4 is 18.2 Å². The van der Waals surface area contributed by atoms with Gasteiger partial charge in [0, 0.05) is 19.6 Å². The molecule has 1 aromatic rings. The molecule has 3 aliphatic rings. The molecule has 0 aromatic carbocycles. The standard InChI is InChI=1S/C14H15N5O2.ClH/c1-2-6-18-13-10(12-15-5-7-19(12)14(18)20)16-11(17-13)9-4-3-8-21-9;/h3-4,8,15H,2,5-7H2,1H3;1H. The van der Waals surface area contributed by atoms with Crippen LogP contribution in [0.4, 0.5) is 5.82 Å². The van der Waals surface area contributed by atoms with Gasteiger partial charge in [-0.1, -0.05) is 6.92 Å². The van der Waals surface area contributed by atoms with Crippen LogP contribution < -0.4 is 11.0 Å². The molecule has 7 nitrogen and oxygen atoms in total. The maximum Gasteiger partial charge on any atom is 0.331 e. The minimum atomic E-state index is -0.0322. The summed E-state index contributed by atoms with van der Waals surface area (Å²) in [6, 6.07) is 3.62. The molecule has 3 aliphatic heterocycles. The van der Waals surface area contributed by atoms with Crippen molar-refractivity contribution in [3.05, 3.63) is 28.9 Å². The zero-order valence-electron chi connectivity index (χ0n) is 12.1. The van der Waals surface area contributed by atoms with Gasteiger partial charge in [-0.3, -0.25) is 9.13 Å². The fourth-order valence-electron chi connectivity index (χ4n) is 2.75. The van der Waals surface area contributed by atoms with E-state index in [2.05, 4.69) is 15.3 Å². The summed E-state index contributed by atoms with van der Waals surface area (Å²) in [4.78, 5) is 21.6. The quantitative estimate of drug-likeness (QED) is 0.799. The summed E-state index contributed by atoms with van der Waals surface area (Å²) in [5.41, 5.74) is 0.696. The predicted octanol–water partition coefficient (Wildman–Crippen LogP) is 2.06. The Morgan fingerprint density at radius 2 is 2.27 bits per heavy atom. The van der Waals surface area contributed by atoms with Crippen molar-refractivity contribution in [2.75, 3.05) is 11.9 Å². The van der Waals surface area contributed by atoms with Gasteiger partial charge in [0.2, 0.25) is 0 Å². The monoisotopic (exact) mass is 321 g/mol. The normalized spacial score (nSPS) is 13.0. The number of fused-ring (bicyclic) bond motifs is 3. The van der Waals surface area contributed by atoms with E-state index < -0.39 is 0 Å². The number of halogens is 1. The second-order valence-electron chi connectivity index (χ2n) is 5.06. The summed E-state index contributed by atoms with van der Waals surface area (Å²) in [6.45, 7) is 4.07. The molecule has 1 N–H and O–H groups in total. The summed E-state index contributed by atoms with van der Waals surface area (Å²) < 4.78 is 8.79. The molecule has 0 atom stereocenters. The summed E-state index contributed by atoms with van der Waals surface area (Å²) in [5.74, 6) is 2.50. The fourth-order valence-corrected chi connectivity index (χ4v) is 2.75. The number of hydrogen-bond acceptors (Lipinski definition) is 5. The maximum atomic E-state index is 12.6. The Balaban J connectivity index is 0.00000144. The summed E-state index contributed by atoms with van der Waals surface area (Å²) >= 11 is 0. The lowest BCUT2D eigenvalue weighted by Crippen LogP contribution is -2.31. The number of anilines is 1. The first-order valence-electron chi connectivity index (χ1n) is 7.08. The zero-order chi connectivity index (χ0) is 14.4. The van der Waals surface area contributed by atoms with Gasteiger partial charge in [0.25, 0.3) is 0 Å². The SMILES string of the molecule is CCCn1c2nc(-c3ccco3)nc-2c2n(c1=O)CCN2.Cl. The third-order valence-corrected chi connectivity index (χ3v) is 3.67. The number of imidazole rings is 1. The van der Waals surface area contributed by atoms with Crippen molar-refractivity contribution in [2.45, 2.75) is 26.4 Å². The van der Waals surface area contributed by atoms with Gasteiger partial charge in [0.1, 0.15) is 11.5 Å². The first kappa shape index (κ1) is 14.6. The highest BCUT2D eigenvalue weighted by atomic mass is 35.5. The topological polar surface area (TPSA) is 77.9 Å². The third-order valence-electron chi connectivity index (χ3n) is 3.67. The van der Waals surface area contributed by atoms with E-state index in [0.717, 1.165) is 24.5 Å². The van der Waals surface area contributed by atoms with E-state index >= 15 is 0 Å². The molecule has 4 rings (SSSR count). The Bertz CT molecular complexity index is 821. The van der Waals surface area contributed by atoms with Gasteiger partial charge in [-0.25, -0.2) is 14.8 Å². The van der Waals surface area contributed by atoms with Crippen LogP contribution in [0.25, 0.3) is 23.1 Å². The Morgan fingerprint density at radius 3 is 3.00 bits per heavy atom. The molecule has 0 unspecified atom stereocenters. The molecule has 8 heteroatoms. The Labute approximate surface area is 132 Å². The van der Waals surface area contributed by atoms with E-state index in [9.17, 15) is 4.79 Å². The minimum Gasteiger partial charge on any atom is -0.461 e. The van der Waals surface area contributed by atoms with Gasteiger partial charge < -0.3 is 9.73 Å². The first-order chi connectivity index (χ1) is 10.3. The van der Waals surface area contributed by atoms with Crippen LogP contribution in [-0.2, 0) is 13.1 Å². The molecule has 22 heavy (non-hydrogen) atoms. The smallest absolute Gasteiger partial charge is 0.331 e. The molecule has 0 saturated heterocycles. The summed E-state index contributed by atoms with van der Waals surface area (Å²) in [5, 5.41) is 3.23. The second-order valence-corrected chi connectivity index (χ2v) is 5.06. The first-order valence-corrected chi connectivity index (χ1v) is 7.08. The van der Waals surface area contributed by atoms with Crippen LogP contribution in [0.1, 0.15) is 13.3 Å². The Hall–Kier alpha value is -2.28. The molecule has 0 aliphatic carbocycles. The van der Waals surface area contributed by atoms with Crippen molar-refractivity contribution in [2.24, 2.45) is 0 Å². The molecule has 1 aromatic heterocycles. The van der Waals surface area contributed by atoms with Gasteiger partial charge in [-0.05, 0) is 18.6 Å². The summed E-state index contributed by atoms with van der Waals surface area (Å²) in [7, 11) is 0. The largest absolute Gasteiger partial charge is 0.461 e. The summed E-state index contributed by atoms with van der Waals surface area (Å²) in [6.07, 6.45) is 2.46. The lowest BCUT2D eigenvalue weighted by atomic mass is 10.3. The van der Waals surface area contributed by atoms with Crippen LogP contribution in [0.2, 0.25) is 0 Å². The Kier molecular flexibility index (Phi) is 3.66. The van der Waals surface area contributed by atoms with Crippen LogP contribution >= 0.6 is 12.4 Å². The van der Waals surface area contributed by atoms with Crippen LogP contribution in [0.5, 0.6) is 0 Å². The van der Waals surface area contributed by atoms with Crippen molar-refractivity contribution in [3.63, 3.8) is 0 Å². The van der Waals surface area contributed by atoms with Crippen molar-refractivity contribution in [3.8, 4) is 23.1 Å². The van der Waals surface area contributed by atoms with Crippen LogP contribution in [-0.4, -0.2) is 25.6 Å². The zero-order valence-corrected chi connectivity index (χ0v) is 12.9. The Morgan fingerprint density at radius 1 is 1.41 bits per heavy atom. The number of rotatable bonds is 3. The molecule has 0 spiro atoms. The molecule has 116 valence electrons. The third kappa shape index (κ3) is 2.00. The molecule has 0 fully saturated rings. The van der Waals surface area contributed by atoms with Gasteiger partial charge in [0.05, 0.1) is 6.26 Å². The van der Waals surface area contributed by atoms with Crippen molar-refractivity contribution in [1.82, 2.24) is 19.1 Å². The number of nitrogens with one attached hydrogen (secondary N) is 1. The molecule has 0 bridgehead atoms. The average Bonchev–Trinajstić information content (AvgIpc) is 3.21. The number of hydrogen-bond donors (Lipinski definition) is 1. The molecule has 4 heterocycles. The number of furan rings is 1. The van der Waals surface area contributed by atoms with E-state index in [-0.39, 0.29) is 18.1 Å². The molecule has 0 radical (unpaired) electrons. The fraction of sp³-hybridized carbons (Fsp3) is 0.357. The van der Waals surface area contributed by atoms with E-state index in [4.69, 9.17) is 4.42 Å². The van der Waals surface area contributed by atoms with Crippen molar-refractivity contribution < 1.29 is 4.42 Å². The van der Waals surface area contributed by atoms with Gasteiger partial charge in [-0.15, -0.1) is 12.4 Å². The highest BCUT2D eigenvalue weighted by Crippen LogP contribution is 2.31. The van der Waals surface area contributed by atoms with Gasteiger partial charge >= 0.3 is 5.69 Å². The highest BCUT2D eigenvalue weighted by molar-refractivity contribution is 5.85. The van der Waals surface area contributed by atoms with Crippen molar-refractivity contribution in [1.29, 1.82) is 0 Å².